The molecule has 2 aromatic rings. The Morgan fingerprint density at radius 3 is 2.45 bits per heavy atom. The Labute approximate surface area is 119 Å². The van der Waals surface area contributed by atoms with E-state index >= 15 is 0 Å². The van der Waals surface area contributed by atoms with Crippen LogP contribution >= 0.6 is 0 Å². The van der Waals surface area contributed by atoms with Crippen molar-refractivity contribution in [3.8, 4) is 5.75 Å². The highest BCUT2D eigenvalue weighted by molar-refractivity contribution is 5.92. The van der Waals surface area contributed by atoms with Crippen LogP contribution in [0.4, 0.5) is 0 Å². The minimum atomic E-state index is -0.355. The van der Waals surface area contributed by atoms with Gasteiger partial charge in [-0.3, -0.25) is 0 Å². The molecule has 0 aliphatic heterocycles. The van der Waals surface area contributed by atoms with Gasteiger partial charge in [-0.1, -0.05) is 42.0 Å². The molecule has 0 radical (unpaired) electrons. The maximum atomic E-state index is 11.8. The molecule has 20 heavy (non-hydrogen) atoms. The third-order valence-electron chi connectivity index (χ3n) is 2.90. The van der Waals surface area contributed by atoms with Gasteiger partial charge in [0.15, 0.2) is 0 Å². The largest absolute Gasteiger partial charge is 0.488 e. The van der Waals surface area contributed by atoms with Crippen molar-refractivity contribution in [3.05, 3.63) is 65.2 Å². The molecular formula is C17H18O3. The van der Waals surface area contributed by atoms with Gasteiger partial charge in [0.1, 0.15) is 17.9 Å². The van der Waals surface area contributed by atoms with E-state index in [1.54, 1.807) is 25.1 Å². The Morgan fingerprint density at radius 2 is 1.75 bits per heavy atom. The van der Waals surface area contributed by atoms with E-state index in [1.807, 2.05) is 37.3 Å². The highest BCUT2D eigenvalue weighted by Crippen LogP contribution is 2.20. The molecule has 0 aliphatic rings. The second kappa shape index (κ2) is 6.75. The molecule has 2 aromatic carbocycles. The van der Waals surface area contributed by atoms with Crippen molar-refractivity contribution in [2.24, 2.45) is 0 Å². The molecule has 104 valence electrons. The minimum Gasteiger partial charge on any atom is -0.488 e. The SMILES string of the molecule is CCOC(=O)c1ccccc1OCc1ccc(C)cc1. The smallest absolute Gasteiger partial charge is 0.341 e. The molecule has 0 fully saturated rings. The van der Waals surface area contributed by atoms with Gasteiger partial charge < -0.3 is 9.47 Å². The summed E-state index contributed by atoms with van der Waals surface area (Å²) in [4.78, 5) is 11.8. The number of esters is 1. The molecule has 0 aliphatic carbocycles. The van der Waals surface area contributed by atoms with Crippen molar-refractivity contribution in [2.45, 2.75) is 20.5 Å². The summed E-state index contributed by atoms with van der Waals surface area (Å²) in [5.74, 6) is 0.193. The van der Waals surface area contributed by atoms with Gasteiger partial charge in [0, 0.05) is 0 Å². The first-order chi connectivity index (χ1) is 9.70. The summed E-state index contributed by atoms with van der Waals surface area (Å²) in [6.45, 7) is 4.61. The normalized spacial score (nSPS) is 10.1. The zero-order valence-electron chi connectivity index (χ0n) is 11.8. The molecule has 2 rings (SSSR count). The number of carbonyl (C=O) groups is 1. The predicted molar refractivity (Wildman–Crippen MR) is 77.9 cm³/mol. The van der Waals surface area contributed by atoms with Crippen LogP contribution in [-0.4, -0.2) is 12.6 Å². The summed E-state index contributed by atoms with van der Waals surface area (Å²) in [7, 11) is 0. The van der Waals surface area contributed by atoms with Crippen molar-refractivity contribution in [3.63, 3.8) is 0 Å². The molecule has 0 bridgehead atoms. The lowest BCUT2D eigenvalue weighted by Crippen LogP contribution is -2.07. The Hall–Kier alpha value is -2.29. The Morgan fingerprint density at radius 1 is 1.05 bits per heavy atom. The van der Waals surface area contributed by atoms with E-state index in [0.717, 1.165) is 5.56 Å². The van der Waals surface area contributed by atoms with Crippen LogP contribution in [0.3, 0.4) is 0 Å². The summed E-state index contributed by atoms with van der Waals surface area (Å²) in [5.41, 5.74) is 2.73. The van der Waals surface area contributed by atoms with Gasteiger partial charge >= 0.3 is 5.97 Å². The molecule has 0 unspecified atom stereocenters. The molecule has 0 N–H and O–H groups in total. The number of aryl methyl sites for hydroxylation is 1. The number of hydrogen-bond donors (Lipinski definition) is 0. The van der Waals surface area contributed by atoms with Gasteiger partial charge in [-0.05, 0) is 31.5 Å². The molecule has 3 heteroatoms. The maximum absolute atomic E-state index is 11.8. The molecule has 0 aromatic heterocycles. The van der Waals surface area contributed by atoms with Gasteiger partial charge in [-0.15, -0.1) is 0 Å². The van der Waals surface area contributed by atoms with Crippen LogP contribution in [0.15, 0.2) is 48.5 Å². The van der Waals surface area contributed by atoms with E-state index in [0.29, 0.717) is 24.5 Å². The number of para-hydroxylation sites is 1. The Balaban J connectivity index is 2.09. The summed E-state index contributed by atoms with van der Waals surface area (Å²) in [6, 6.07) is 15.2. The van der Waals surface area contributed by atoms with E-state index in [1.165, 1.54) is 5.56 Å². The van der Waals surface area contributed by atoms with E-state index in [9.17, 15) is 4.79 Å². The highest BCUT2D eigenvalue weighted by Gasteiger charge is 2.12. The van der Waals surface area contributed by atoms with Crippen molar-refractivity contribution in [1.82, 2.24) is 0 Å². The second-order valence-corrected chi connectivity index (χ2v) is 4.49. The number of ether oxygens (including phenoxy) is 2. The average Bonchev–Trinajstić information content (AvgIpc) is 2.47. The van der Waals surface area contributed by atoms with E-state index in [2.05, 4.69) is 0 Å². The predicted octanol–water partition coefficient (Wildman–Crippen LogP) is 3.75. The molecular weight excluding hydrogens is 252 g/mol. The van der Waals surface area contributed by atoms with Crippen LogP contribution < -0.4 is 4.74 Å². The summed E-state index contributed by atoms with van der Waals surface area (Å²) < 4.78 is 10.7. The van der Waals surface area contributed by atoms with Crippen LogP contribution in [0, 0.1) is 6.92 Å². The van der Waals surface area contributed by atoms with Crippen LogP contribution in [0.5, 0.6) is 5.75 Å². The molecule has 0 amide bonds. The summed E-state index contributed by atoms with van der Waals surface area (Å²) >= 11 is 0. The quantitative estimate of drug-likeness (QED) is 0.776. The average molecular weight is 270 g/mol. The van der Waals surface area contributed by atoms with Crippen molar-refractivity contribution in [1.29, 1.82) is 0 Å². The number of hydrogen-bond acceptors (Lipinski definition) is 3. The van der Waals surface area contributed by atoms with Gasteiger partial charge in [-0.25, -0.2) is 4.79 Å². The lowest BCUT2D eigenvalue weighted by atomic mass is 10.1. The van der Waals surface area contributed by atoms with E-state index in [4.69, 9.17) is 9.47 Å². The maximum Gasteiger partial charge on any atom is 0.341 e. The second-order valence-electron chi connectivity index (χ2n) is 4.49. The van der Waals surface area contributed by atoms with Crippen LogP contribution in [0.2, 0.25) is 0 Å². The van der Waals surface area contributed by atoms with Crippen LogP contribution in [-0.2, 0) is 11.3 Å². The van der Waals surface area contributed by atoms with E-state index in [-0.39, 0.29) is 5.97 Å². The third kappa shape index (κ3) is 3.60. The van der Waals surface area contributed by atoms with Crippen LogP contribution in [0.25, 0.3) is 0 Å². The van der Waals surface area contributed by atoms with Gasteiger partial charge in [0.25, 0.3) is 0 Å². The lowest BCUT2D eigenvalue weighted by Gasteiger charge is -2.10. The van der Waals surface area contributed by atoms with Gasteiger partial charge in [-0.2, -0.15) is 0 Å². The van der Waals surface area contributed by atoms with Gasteiger partial charge in [0.2, 0.25) is 0 Å². The molecule has 0 saturated carbocycles. The fraction of sp³-hybridized carbons (Fsp3) is 0.235. The Kier molecular flexibility index (Phi) is 4.77. The molecule has 0 saturated heterocycles. The first-order valence-corrected chi connectivity index (χ1v) is 6.65. The molecule has 0 atom stereocenters. The van der Waals surface area contributed by atoms with Gasteiger partial charge in [0.05, 0.1) is 6.61 Å². The monoisotopic (exact) mass is 270 g/mol. The van der Waals surface area contributed by atoms with E-state index < -0.39 is 0 Å². The number of carbonyl (C=O) groups excluding carboxylic acids is 1. The molecule has 0 heterocycles. The molecule has 0 spiro atoms. The third-order valence-corrected chi connectivity index (χ3v) is 2.90. The number of benzene rings is 2. The topological polar surface area (TPSA) is 35.5 Å². The fourth-order valence-electron chi connectivity index (χ4n) is 1.82. The minimum absolute atomic E-state index is 0.352. The van der Waals surface area contributed by atoms with Crippen molar-refractivity contribution in [2.75, 3.05) is 6.61 Å². The fourth-order valence-corrected chi connectivity index (χ4v) is 1.82. The first kappa shape index (κ1) is 14.1. The summed E-state index contributed by atoms with van der Waals surface area (Å²) in [5, 5.41) is 0. The summed E-state index contributed by atoms with van der Waals surface area (Å²) in [6.07, 6.45) is 0. The highest BCUT2D eigenvalue weighted by atomic mass is 16.5. The molecule has 3 nitrogen and oxygen atoms in total. The lowest BCUT2D eigenvalue weighted by molar-refractivity contribution is 0.0521. The first-order valence-electron chi connectivity index (χ1n) is 6.65. The standard InChI is InChI=1S/C17H18O3/c1-3-19-17(18)15-6-4-5-7-16(15)20-12-14-10-8-13(2)9-11-14/h4-11H,3,12H2,1-2H3. The van der Waals surface area contributed by atoms with Crippen LogP contribution in [0.1, 0.15) is 28.4 Å². The zero-order chi connectivity index (χ0) is 14.4. The number of rotatable bonds is 5. The Bertz CT molecular complexity index is 573. The van der Waals surface area contributed by atoms with Crippen molar-refractivity contribution < 1.29 is 14.3 Å². The van der Waals surface area contributed by atoms with Crippen molar-refractivity contribution >= 4 is 5.97 Å². The zero-order valence-corrected chi connectivity index (χ0v) is 11.8.